The zero-order chi connectivity index (χ0) is 27.1. The zero-order valence-electron chi connectivity index (χ0n) is 19.9. The normalized spacial score (nSPS) is 18.1. The summed E-state index contributed by atoms with van der Waals surface area (Å²) in [4.78, 5) is 16.7. The van der Waals surface area contributed by atoms with Crippen LogP contribution in [0.5, 0.6) is 0 Å². The smallest absolute Gasteiger partial charge is 0.336 e. The summed E-state index contributed by atoms with van der Waals surface area (Å²) < 4.78 is 67.5. The summed E-state index contributed by atoms with van der Waals surface area (Å²) in [5, 5.41) is 0.697. The number of hydrogen-bond acceptors (Lipinski definition) is 2. The van der Waals surface area contributed by atoms with Crippen LogP contribution in [0.2, 0.25) is 10.0 Å². The first-order chi connectivity index (χ1) is 17.3. The summed E-state index contributed by atoms with van der Waals surface area (Å²) in [7, 11) is 1.74. The minimum Gasteiger partial charge on any atom is -0.336 e. The van der Waals surface area contributed by atoms with Gasteiger partial charge in [0, 0.05) is 31.6 Å². The number of halogens is 7. The predicted molar refractivity (Wildman–Crippen MR) is 133 cm³/mol. The number of alkyl halides is 3. The highest BCUT2D eigenvalue weighted by Crippen LogP contribution is 2.36. The lowest BCUT2D eigenvalue weighted by Crippen LogP contribution is -2.38. The fourth-order valence-corrected chi connectivity index (χ4v) is 5.04. The van der Waals surface area contributed by atoms with E-state index in [1.54, 1.807) is 43.1 Å². The second-order valence-corrected chi connectivity index (χ2v) is 10.1. The summed E-state index contributed by atoms with van der Waals surface area (Å²) in [6, 6.07) is 12.0. The van der Waals surface area contributed by atoms with Crippen molar-refractivity contribution in [1.29, 1.82) is 0 Å². The van der Waals surface area contributed by atoms with Crippen molar-refractivity contribution in [3.8, 4) is 0 Å². The molecule has 3 aromatic rings. The van der Waals surface area contributed by atoms with Crippen molar-refractivity contribution in [2.45, 2.75) is 31.6 Å². The first-order valence-electron chi connectivity index (χ1n) is 11.4. The number of amides is 1. The van der Waals surface area contributed by atoms with Crippen LogP contribution in [-0.4, -0.2) is 41.9 Å². The highest BCUT2D eigenvalue weighted by Gasteiger charge is 2.40. The molecule has 0 aromatic heterocycles. The van der Waals surface area contributed by atoms with Crippen LogP contribution in [0.4, 0.5) is 22.0 Å². The molecule has 3 nitrogen and oxygen atoms in total. The summed E-state index contributed by atoms with van der Waals surface area (Å²) >= 11 is 12.3. The molecule has 0 unspecified atom stereocenters. The number of nitrogens with zero attached hydrogens (tertiary/aromatic N) is 2. The minimum atomic E-state index is -4.79. The standard InChI is InChI=1S/C27H23Cl2F5N2O/c1-15-3-8-23(30)18(9-15)26(37)36-13-19(17-5-7-21(28)22(29)11-17)25(14-36)35(2)12-16-4-6-20(24(31)10-16)27(32,33)34/h3-11,19,25H,12-14H2,1-2H3/t19-,25+/m1/s1. The molecule has 1 saturated heterocycles. The highest BCUT2D eigenvalue weighted by molar-refractivity contribution is 6.42. The van der Waals surface area contributed by atoms with Gasteiger partial charge in [0.1, 0.15) is 11.6 Å². The van der Waals surface area contributed by atoms with E-state index in [-0.39, 0.29) is 37.2 Å². The van der Waals surface area contributed by atoms with Gasteiger partial charge in [0.2, 0.25) is 0 Å². The van der Waals surface area contributed by atoms with Crippen molar-refractivity contribution in [3.05, 3.63) is 104 Å². The second kappa shape index (κ2) is 10.6. The lowest BCUT2D eigenvalue weighted by atomic mass is 9.93. The number of hydrogen-bond donors (Lipinski definition) is 0. The van der Waals surface area contributed by atoms with Crippen LogP contribution in [0.15, 0.2) is 54.6 Å². The molecule has 37 heavy (non-hydrogen) atoms. The average molecular weight is 557 g/mol. The van der Waals surface area contributed by atoms with Gasteiger partial charge in [0.15, 0.2) is 0 Å². The van der Waals surface area contributed by atoms with E-state index in [2.05, 4.69) is 0 Å². The van der Waals surface area contributed by atoms with E-state index >= 15 is 0 Å². The molecule has 10 heteroatoms. The van der Waals surface area contributed by atoms with Crippen molar-refractivity contribution < 1.29 is 26.7 Å². The predicted octanol–water partition coefficient (Wildman–Crippen LogP) is 7.34. The van der Waals surface area contributed by atoms with Crippen molar-refractivity contribution in [3.63, 3.8) is 0 Å². The van der Waals surface area contributed by atoms with E-state index in [9.17, 15) is 26.7 Å². The van der Waals surface area contributed by atoms with Crippen LogP contribution in [0, 0.1) is 18.6 Å². The number of carbonyl (C=O) groups excluding carboxylic acids is 1. The van der Waals surface area contributed by atoms with Crippen molar-refractivity contribution in [2.75, 3.05) is 20.1 Å². The summed E-state index contributed by atoms with van der Waals surface area (Å²) in [6.45, 7) is 2.36. The Bertz CT molecular complexity index is 1330. The molecule has 0 bridgehead atoms. The molecule has 0 aliphatic carbocycles. The Hall–Kier alpha value is -2.68. The van der Waals surface area contributed by atoms with Gasteiger partial charge in [-0.1, -0.05) is 47.0 Å². The molecule has 0 saturated carbocycles. The summed E-state index contributed by atoms with van der Waals surface area (Å²) in [5.41, 5.74) is 0.509. The number of likely N-dealkylation sites (tertiary alicyclic amines) is 1. The van der Waals surface area contributed by atoms with Gasteiger partial charge >= 0.3 is 6.18 Å². The molecular weight excluding hydrogens is 534 g/mol. The largest absolute Gasteiger partial charge is 0.419 e. The maximum atomic E-state index is 14.5. The third-order valence-corrected chi connectivity index (χ3v) is 7.38. The fraction of sp³-hybridized carbons (Fsp3) is 0.296. The number of likely N-dealkylation sites (N-methyl/N-ethyl adjacent to an activating group) is 1. The van der Waals surface area contributed by atoms with E-state index in [0.29, 0.717) is 15.6 Å². The molecule has 3 aromatic carbocycles. The summed E-state index contributed by atoms with van der Waals surface area (Å²) in [5.74, 6) is -2.71. The van der Waals surface area contributed by atoms with Gasteiger partial charge in [-0.2, -0.15) is 13.2 Å². The Morgan fingerprint density at radius 1 is 0.973 bits per heavy atom. The third-order valence-electron chi connectivity index (χ3n) is 6.64. The minimum absolute atomic E-state index is 0.0407. The van der Waals surface area contributed by atoms with Crippen LogP contribution in [0.1, 0.15) is 38.5 Å². The van der Waals surface area contributed by atoms with Gasteiger partial charge in [0.25, 0.3) is 5.91 Å². The maximum Gasteiger partial charge on any atom is 0.419 e. The van der Waals surface area contributed by atoms with Crippen molar-refractivity contribution in [2.24, 2.45) is 0 Å². The van der Waals surface area contributed by atoms with Crippen LogP contribution in [-0.2, 0) is 12.7 Å². The van der Waals surface area contributed by atoms with Gasteiger partial charge < -0.3 is 4.90 Å². The Balaban J connectivity index is 1.63. The lowest BCUT2D eigenvalue weighted by molar-refractivity contribution is -0.140. The lowest BCUT2D eigenvalue weighted by Gasteiger charge is -2.29. The van der Waals surface area contributed by atoms with Crippen molar-refractivity contribution >= 4 is 29.1 Å². The van der Waals surface area contributed by atoms with E-state index < -0.39 is 29.3 Å². The van der Waals surface area contributed by atoms with E-state index in [1.165, 1.54) is 18.2 Å². The fourth-order valence-electron chi connectivity index (χ4n) is 4.74. The Kier molecular flexibility index (Phi) is 7.83. The van der Waals surface area contributed by atoms with Crippen LogP contribution in [0.25, 0.3) is 0 Å². The first-order valence-corrected chi connectivity index (χ1v) is 12.2. The highest BCUT2D eigenvalue weighted by atomic mass is 35.5. The molecule has 1 aliphatic rings. The molecule has 0 N–H and O–H groups in total. The molecule has 1 amide bonds. The molecule has 0 spiro atoms. The quantitative estimate of drug-likeness (QED) is 0.307. The van der Waals surface area contributed by atoms with Gasteiger partial charge in [-0.3, -0.25) is 9.69 Å². The zero-order valence-corrected chi connectivity index (χ0v) is 21.4. The number of rotatable bonds is 5. The van der Waals surface area contributed by atoms with Gasteiger partial charge in [-0.25, -0.2) is 8.78 Å². The van der Waals surface area contributed by atoms with Crippen LogP contribution < -0.4 is 0 Å². The molecule has 4 rings (SSSR count). The number of carbonyl (C=O) groups is 1. The second-order valence-electron chi connectivity index (χ2n) is 9.27. The Morgan fingerprint density at radius 3 is 2.35 bits per heavy atom. The van der Waals surface area contributed by atoms with E-state index in [1.807, 2.05) is 4.90 Å². The van der Waals surface area contributed by atoms with Gasteiger partial charge in [0.05, 0.1) is 21.2 Å². The first kappa shape index (κ1) is 27.4. The molecule has 196 valence electrons. The van der Waals surface area contributed by atoms with Crippen LogP contribution >= 0.6 is 23.2 Å². The van der Waals surface area contributed by atoms with Gasteiger partial charge in [-0.05, 0) is 61.5 Å². The molecule has 1 heterocycles. The third kappa shape index (κ3) is 5.92. The molecule has 0 radical (unpaired) electrons. The van der Waals surface area contributed by atoms with Gasteiger partial charge in [-0.15, -0.1) is 0 Å². The molecular formula is C27H23Cl2F5N2O. The number of benzene rings is 3. The number of aryl methyl sites for hydroxylation is 1. The molecule has 2 atom stereocenters. The SMILES string of the molecule is Cc1ccc(F)c(C(=O)N2C[C@H](c3ccc(Cl)c(Cl)c3)[C@@H](N(C)Cc3ccc(C(F)(F)F)c(F)c3)C2)c1. The molecule has 1 aliphatic heterocycles. The average Bonchev–Trinajstić information content (AvgIpc) is 3.27. The van der Waals surface area contributed by atoms with Crippen molar-refractivity contribution in [1.82, 2.24) is 9.80 Å². The maximum absolute atomic E-state index is 14.5. The van der Waals surface area contributed by atoms with Crippen LogP contribution in [0.3, 0.4) is 0 Å². The monoisotopic (exact) mass is 556 g/mol. The molecule has 1 fully saturated rings. The van der Waals surface area contributed by atoms with E-state index in [4.69, 9.17) is 23.2 Å². The topological polar surface area (TPSA) is 23.6 Å². The Labute approximate surface area is 221 Å². The van der Waals surface area contributed by atoms with E-state index in [0.717, 1.165) is 23.3 Å². The Morgan fingerprint density at radius 2 is 1.70 bits per heavy atom. The summed E-state index contributed by atoms with van der Waals surface area (Å²) in [6.07, 6.45) is -4.79.